The zero-order chi connectivity index (χ0) is 13.1. The first-order valence-electron chi connectivity index (χ1n) is 7.54. The van der Waals surface area contributed by atoms with Crippen molar-refractivity contribution in [3.05, 3.63) is 35.9 Å². The maximum absolute atomic E-state index is 11.4. The molecule has 1 aliphatic heterocycles. The highest BCUT2D eigenvalue weighted by Crippen LogP contribution is 2.42. The molecule has 0 bridgehead atoms. The van der Waals surface area contributed by atoms with Gasteiger partial charge in [0.15, 0.2) is 0 Å². The predicted molar refractivity (Wildman–Crippen MR) is 76.9 cm³/mol. The Kier molecular flexibility index (Phi) is 3.69. The van der Waals surface area contributed by atoms with Gasteiger partial charge in [-0.15, -0.1) is 0 Å². The molecule has 0 atom stereocenters. The molecule has 1 aromatic carbocycles. The summed E-state index contributed by atoms with van der Waals surface area (Å²) in [6, 6.07) is 10.7. The van der Waals surface area contributed by atoms with Gasteiger partial charge in [0.1, 0.15) is 5.78 Å². The SMILES string of the molecule is O=C1CCC2(CCCN(Cc3ccccc3)C2)CC1. The van der Waals surface area contributed by atoms with Gasteiger partial charge in [-0.1, -0.05) is 30.3 Å². The Morgan fingerprint density at radius 1 is 1.05 bits per heavy atom. The van der Waals surface area contributed by atoms with Gasteiger partial charge in [-0.3, -0.25) is 9.69 Å². The van der Waals surface area contributed by atoms with E-state index < -0.39 is 0 Å². The molecule has 0 N–H and O–H groups in total. The summed E-state index contributed by atoms with van der Waals surface area (Å²) in [6.07, 6.45) is 6.50. The fourth-order valence-electron chi connectivity index (χ4n) is 3.75. The van der Waals surface area contributed by atoms with E-state index >= 15 is 0 Å². The Labute approximate surface area is 115 Å². The molecule has 2 nitrogen and oxygen atoms in total. The van der Waals surface area contributed by atoms with Gasteiger partial charge in [-0.05, 0) is 43.2 Å². The summed E-state index contributed by atoms with van der Waals surface area (Å²) < 4.78 is 0. The smallest absolute Gasteiger partial charge is 0.132 e. The third-order valence-electron chi connectivity index (χ3n) is 4.86. The minimum absolute atomic E-state index is 0.445. The van der Waals surface area contributed by atoms with Gasteiger partial charge in [-0.25, -0.2) is 0 Å². The molecule has 2 aliphatic rings. The first-order chi connectivity index (χ1) is 9.26. The second-order valence-corrected chi connectivity index (χ2v) is 6.34. The highest BCUT2D eigenvalue weighted by molar-refractivity contribution is 5.79. The Hall–Kier alpha value is -1.15. The topological polar surface area (TPSA) is 20.3 Å². The Morgan fingerprint density at radius 3 is 2.53 bits per heavy atom. The Balaban J connectivity index is 1.63. The van der Waals surface area contributed by atoms with Crippen molar-refractivity contribution >= 4 is 5.78 Å². The predicted octanol–water partition coefficient (Wildman–Crippen LogP) is 3.41. The number of nitrogens with zero attached hydrogens (tertiary/aromatic N) is 1. The van der Waals surface area contributed by atoms with Crippen molar-refractivity contribution in [1.29, 1.82) is 0 Å². The van der Waals surface area contributed by atoms with Gasteiger partial charge >= 0.3 is 0 Å². The van der Waals surface area contributed by atoms with Crippen LogP contribution in [0.2, 0.25) is 0 Å². The summed E-state index contributed by atoms with van der Waals surface area (Å²) >= 11 is 0. The van der Waals surface area contributed by atoms with Crippen LogP contribution in [0.25, 0.3) is 0 Å². The fraction of sp³-hybridized carbons (Fsp3) is 0.588. The van der Waals surface area contributed by atoms with Gasteiger partial charge in [-0.2, -0.15) is 0 Å². The largest absolute Gasteiger partial charge is 0.300 e. The third-order valence-corrected chi connectivity index (χ3v) is 4.86. The second-order valence-electron chi connectivity index (χ2n) is 6.34. The summed E-state index contributed by atoms with van der Waals surface area (Å²) in [5.41, 5.74) is 1.85. The van der Waals surface area contributed by atoms with Crippen LogP contribution in [0, 0.1) is 5.41 Å². The summed E-state index contributed by atoms with van der Waals surface area (Å²) in [5, 5.41) is 0. The monoisotopic (exact) mass is 257 g/mol. The number of ketones is 1. The molecule has 1 spiro atoms. The molecular weight excluding hydrogens is 234 g/mol. The molecule has 1 aliphatic carbocycles. The second kappa shape index (κ2) is 5.46. The van der Waals surface area contributed by atoms with Crippen LogP contribution in [-0.2, 0) is 11.3 Å². The van der Waals surface area contributed by atoms with Crippen LogP contribution in [-0.4, -0.2) is 23.8 Å². The highest BCUT2D eigenvalue weighted by Gasteiger charge is 2.38. The quantitative estimate of drug-likeness (QED) is 0.809. The van der Waals surface area contributed by atoms with Crippen LogP contribution in [0.3, 0.4) is 0 Å². The van der Waals surface area contributed by atoms with Crippen molar-refractivity contribution in [3.8, 4) is 0 Å². The van der Waals surface area contributed by atoms with Crippen LogP contribution >= 0.6 is 0 Å². The minimum Gasteiger partial charge on any atom is -0.300 e. The molecule has 1 saturated heterocycles. The molecule has 0 radical (unpaired) electrons. The number of carbonyl (C=O) groups is 1. The first-order valence-corrected chi connectivity index (χ1v) is 7.54. The number of rotatable bonds is 2. The van der Waals surface area contributed by atoms with E-state index in [4.69, 9.17) is 0 Å². The lowest BCUT2D eigenvalue weighted by atomic mass is 9.69. The van der Waals surface area contributed by atoms with Crippen molar-refractivity contribution in [2.75, 3.05) is 13.1 Å². The zero-order valence-electron chi connectivity index (χ0n) is 11.6. The Morgan fingerprint density at radius 2 is 1.79 bits per heavy atom. The average molecular weight is 257 g/mol. The molecule has 0 unspecified atom stereocenters. The number of benzene rings is 1. The highest BCUT2D eigenvalue weighted by atomic mass is 16.1. The molecule has 19 heavy (non-hydrogen) atoms. The molecule has 1 heterocycles. The van der Waals surface area contributed by atoms with Gasteiger partial charge in [0.2, 0.25) is 0 Å². The molecule has 0 aromatic heterocycles. The molecule has 1 saturated carbocycles. The molecule has 0 amide bonds. The molecular formula is C17H23NO. The van der Waals surface area contributed by atoms with Crippen molar-refractivity contribution in [2.45, 2.75) is 45.1 Å². The number of carbonyl (C=O) groups excluding carboxylic acids is 1. The van der Waals surface area contributed by atoms with Crippen molar-refractivity contribution in [3.63, 3.8) is 0 Å². The van der Waals surface area contributed by atoms with Crippen molar-refractivity contribution < 1.29 is 4.79 Å². The van der Waals surface area contributed by atoms with Gasteiger partial charge < -0.3 is 0 Å². The molecule has 2 fully saturated rings. The van der Waals surface area contributed by atoms with Crippen LogP contribution in [0.1, 0.15) is 44.1 Å². The maximum atomic E-state index is 11.4. The summed E-state index contributed by atoms with van der Waals surface area (Å²) in [4.78, 5) is 14.0. The van der Waals surface area contributed by atoms with Crippen LogP contribution in [0.5, 0.6) is 0 Å². The number of likely N-dealkylation sites (tertiary alicyclic amines) is 1. The van der Waals surface area contributed by atoms with Gasteiger partial charge in [0.25, 0.3) is 0 Å². The summed E-state index contributed by atoms with van der Waals surface area (Å²) in [5.74, 6) is 0.478. The van der Waals surface area contributed by atoms with E-state index in [0.717, 1.165) is 32.2 Å². The average Bonchev–Trinajstić information content (AvgIpc) is 2.44. The van der Waals surface area contributed by atoms with E-state index in [2.05, 4.69) is 35.2 Å². The number of hydrogen-bond acceptors (Lipinski definition) is 2. The van der Waals surface area contributed by atoms with Crippen molar-refractivity contribution in [2.24, 2.45) is 5.41 Å². The minimum atomic E-state index is 0.445. The van der Waals surface area contributed by atoms with E-state index in [-0.39, 0.29) is 0 Å². The summed E-state index contributed by atoms with van der Waals surface area (Å²) in [7, 11) is 0. The maximum Gasteiger partial charge on any atom is 0.132 e. The van der Waals surface area contributed by atoms with Crippen molar-refractivity contribution in [1.82, 2.24) is 4.90 Å². The number of Topliss-reactive ketones (excluding diaryl/α,β-unsaturated/α-hetero) is 1. The van der Waals surface area contributed by atoms with E-state index in [1.165, 1.54) is 31.5 Å². The lowest BCUT2D eigenvalue weighted by Crippen LogP contribution is -2.44. The van der Waals surface area contributed by atoms with E-state index in [9.17, 15) is 4.79 Å². The van der Waals surface area contributed by atoms with Gasteiger partial charge in [0, 0.05) is 25.9 Å². The fourth-order valence-corrected chi connectivity index (χ4v) is 3.75. The summed E-state index contributed by atoms with van der Waals surface area (Å²) in [6.45, 7) is 3.47. The third kappa shape index (κ3) is 3.06. The van der Waals surface area contributed by atoms with Crippen LogP contribution < -0.4 is 0 Å². The lowest BCUT2D eigenvalue weighted by Gasteiger charge is -2.45. The first kappa shape index (κ1) is 12.9. The number of hydrogen-bond donors (Lipinski definition) is 0. The van der Waals surface area contributed by atoms with E-state index in [0.29, 0.717) is 11.2 Å². The van der Waals surface area contributed by atoms with E-state index in [1.807, 2.05) is 0 Å². The number of piperidine rings is 1. The van der Waals surface area contributed by atoms with Crippen LogP contribution in [0.4, 0.5) is 0 Å². The van der Waals surface area contributed by atoms with Gasteiger partial charge in [0.05, 0.1) is 0 Å². The molecule has 102 valence electrons. The standard InChI is InChI=1S/C17H23NO/c19-16-7-10-17(11-8-16)9-4-12-18(14-17)13-15-5-2-1-3-6-15/h1-3,5-6H,4,7-14H2. The molecule has 3 rings (SSSR count). The molecule has 1 aromatic rings. The molecule has 2 heteroatoms. The zero-order valence-corrected chi connectivity index (χ0v) is 11.6. The van der Waals surface area contributed by atoms with Crippen LogP contribution in [0.15, 0.2) is 30.3 Å². The lowest BCUT2D eigenvalue weighted by molar-refractivity contribution is -0.123. The van der Waals surface area contributed by atoms with E-state index in [1.54, 1.807) is 0 Å². The normalized spacial score (nSPS) is 23.7. The Bertz CT molecular complexity index is 430.